The van der Waals surface area contributed by atoms with E-state index in [9.17, 15) is 4.79 Å². The molecule has 0 aliphatic carbocycles. The van der Waals surface area contributed by atoms with Crippen LogP contribution in [0, 0.1) is 0 Å². The molecule has 2 aromatic rings. The predicted octanol–water partition coefficient (Wildman–Crippen LogP) is 4.00. The molecule has 0 atom stereocenters. The van der Waals surface area contributed by atoms with E-state index in [4.69, 9.17) is 16.2 Å². The van der Waals surface area contributed by atoms with Crippen molar-refractivity contribution in [1.82, 2.24) is 4.98 Å². The molecule has 122 valence electrons. The molecule has 7 nitrogen and oxygen atoms in total. The Morgan fingerprint density at radius 1 is 1.09 bits per heavy atom. The van der Waals surface area contributed by atoms with Crippen molar-refractivity contribution in [2.45, 2.75) is 27.2 Å². The number of hydrogen-bond acceptors (Lipinski definition) is 7. The van der Waals surface area contributed by atoms with Crippen molar-refractivity contribution in [2.24, 2.45) is 10.2 Å². The summed E-state index contributed by atoms with van der Waals surface area (Å²) in [6.45, 7) is 5.72. The van der Waals surface area contributed by atoms with Gasteiger partial charge in [-0.15, -0.1) is 10.2 Å². The lowest BCUT2D eigenvalue weighted by molar-refractivity contribution is -0.133. The van der Waals surface area contributed by atoms with E-state index in [1.54, 1.807) is 43.3 Å². The number of carbonyl (C=O) groups is 1. The van der Waals surface area contributed by atoms with Crippen molar-refractivity contribution in [1.29, 1.82) is 0 Å². The molecular weight excluding hydrogens is 294 g/mol. The molecule has 0 spiro atoms. The number of nitrogens with two attached hydrogens (primary N) is 2. The number of anilines is 2. The molecule has 0 saturated carbocycles. The van der Waals surface area contributed by atoms with Crippen molar-refractivity contribution in [2.75, 3.05) is 11.5 Å². The van der Waals surface area contributed by atoms with Crippen molar-refractivity contribution < 1.29 is 9.53 Å². The van der Waals surface area contributed by atoms with E-state index in [-0.39, 0.29) is 18.2 Å². The van der Waals surface area contributed by atoms with Gasteiger partial charge in [-0.3, -0.25) is 4.79 Å². The zero-order valence-corrected chi connectivity index (χ0v) is 13.5. The summed E-state index contributed by atoms with van der Waals surface area (Å²) in [5, 5.41) is 8.04. The first-order valence-electron chi connectivity index (χ1n) is 7.33. The quantitative estimate of drug-likeness (QED) is 0.502. The van der Waals surface area contributed by atoms with E-state index in [2.05, 4.69) is 15.2 Å². The van der Waals surface area contributed by atoms with Crippen LogP contribution in [-0.2, 0) is 4.79 Å². The second kappa shape index (κ2) is 9.14. The van der Waals surface area contributed by atoms with Gasteiger partial charge in [0.2, 0.25) is 0 Å². The molecule has 0 fully saturated rings. The third-order valence-electron chi connectivity index (χ3n) is 2.57. The highest BCUT2D eigenvalue weighted by Crippen LogP contribution is 2.30. The van der Waals surface area contributed by atoms with Crippen molar-refractivity contribution in [3.63, 3.8) is 0 Å². The normalized spacial score (nSPS) is 10.0. The van der Waals surface area contributed by atoms with Crippen LogP contribution < -0.4 is 16.2 Å². The zero-order chi connectivity index (χ0) is 17.2. The highest BCUT2D eigenvalue weighted by molar-refractivity contribution is 5.74. The van der Waals surface area contributed by atoms with Crippen LogP contribution in [0.25, 0.3) is 0 Å². The zero-order valence-electron chi connectivity index (χ0n) is 13.5. The Hall–Kier alpha value is -2.96. The summed E-state index contributed by atoms with van der Waals surface area (Å²) in [6.07, 6.45) is 0.278. The van der Waals surface area contributed by atoms with E-state index in [1.165, 1.54) is 0 Å². The van der Waals surface area contributed by atoms with Crippen LogP contribution in [0.2, 0.25) is 0 Å². The fraction of sp³-hybridized carbons (Fsp3) is 0.250. The third-order valence-corrected chi connectivity index (χ3v) is 2.57. The Balaban J connectivity index is 0.00000127. The van der Waals surface area contributed by atoms with Crippen LogP contribution in [0.15, 0.2) is 46.6 Å². The minimum absolute atomic E-state index is 0.182. The molecule has 23 heavy (non-hydrogen) atoms. The number of nitrogens with zero attached hydrogens (tertiary/aromatic N) is 3. The summed E-state index contributed by atoms with van der Waals surface area (Å²) in [5.41, 5.74) is 12.0. The minimum Gasteiger partial charge on any atom is -0.424 e. The van der Waals surface area contributed by atoms with Gasteiger partial charge in [-0.05, 0) is 24.3 Å². The molecule has 0 unspecified atom stereocenters. The molecule has 0 aliphatic heterocycles. The first-order valence-corrected chi connectivity index (χ1v) is 7.33. The summed E-state index contributed by atoms with van der Waals surface area (Å²) in [4.78, 5) is 15.2. The van der Waals surface area contributed by atoms with E-state index >= 15 is 0 Å². The minimum atomic E-state index is -0.341. The van der Waals surface area contributed by atoms with E-state index in [0.29, 0.717) is 22.9 Å². The first kappa shape index (κ1) is 18.1. The lowest BCUT2D eigenvalue weighted by Gasteiger charge is -2.05. The maximum Gasteiger partial charge on any atom is 0.310 e. The Kier molecular flexibility index (Phi) is 7.19. The molecule has 0 bridgehead atoms. The lowest BCUT2D eigenvalue weighted by atomic mass is 10.3. The van der Waals surface area contributed by atoms with Crippen LogP contribution in [0.5, 0.6) is 5.75 Å². The van der Waals surface area contributed by atoms with Crippen LogP contribution in [0.3, 0.4) is 0 Å². The first-order chi connectivity index (χ1) is 11.1. The largest absolute Gasteiger partial charge is 0.424 e. The molecule has 0 saturated heterocycles. The average Bonchev–Trinajstić information content (AvgIpc) is 2.57. The van der Waals surface area contributed by atoms with Crippen LogP contribution in [-0.4, -0.2) is 11.0 Å². The Morgan fingerprint density at radius 2 is 1.74 bits per heavy atom. The number of ether oxygens (including phenoxy) is 1. The molecule has 1 aromatic heterocycles. The highest BCUT2D eigenvalue weighted by Gasteiger charge is 2.07. The van der Waals surface area contributed by atoms with Gasteiger partial charge in [-0.25, -0.2) is 4.98 Å². The molecule has 2 rings (SSSR count). The van der Waals surface area contributed by atoms with E-state index < -0.39 is 0 Å². The lowest BCUT2D eigenvalue weighted by Crippen LogP contribution is -2.05. The van der Waals surface area contributed by atoms with Gasteiger partial charge in [-0.1, -0.05) is 32.9 Å². The van der Waals surface area contributed by atoms with Crippen molar-refractivity contribution >= 4 is 29.0 Å². The third kappa shape index (κ3) is 5.39. The highest BCUT2D eigenvalue weighted by atomic mass is 16.5. The van der Waals surface area contributed by atoms with Gasteiger partial charge in [0.25, 0.3) is 0 Å². The average molecular weight is 315 g/mol. The molecule has 1 heterocycles. The fourth-order valence-electron chi connectivity index (χ4n) is 1.50. The van der Waals surface area contributed by atoms with Crippen LogP contribution >= 0.6 is 0 Å². The molecule has 7 heteroatoms. The number of nitrogen functional groups attached to an aromatic ring is 2. The fourth-order valence-corrected chi connectivity index (χ4v) is 1.50. The number of esters is 1. The second-order valence-electron chi connectivity index (χ2n) is 4.14. The van der Waals surface area contributed by atoms with E-state index in [0.717, 1.165) is 0 Å². The summed E-state index contributed by atoms with van der Waals surface area (Å²) in [6, 6.07) is 10.0. The summed E-state index contributed by atoms with van der Waals surface area (Å²) in [5.74, 6) is 0.493. The van der Waals surface area contributed by atoms with Gasteiger partial charge >= 0.3 is 5.97 Å². The maximum absolute atomic E-state index is 11.4. The maximum atomic E-state index is 11.4. The molecule has 0 radical (unpaired) electrons. The molecule has 0 aliphatic rings. The molecular formula is C16H21N5O2. The van der Waals surface area contributed by atoms with Gasteiger partial charge in [0, 0.05) is 6.42 Å². The summed E-state index contributed by atoms with van der Waals surface area (Å²) < 4.78 is 5.17. The number of rotatable bonds is 4. The van der Waals surface area contributed by atoms with Gasteiger partial charge in [0.05, 0.1) is 0 Å². The molecule has 0 amide bonds. The van der Waals surface area contributed by atoms with Crippen molar-refractivity contribution in [3.8, 4) is 5.75 Å². The van der Waals surface area contributed by atoms with Gasteiger partial charge in [0.1, 0.15) is 17.2 Å². The Labute approximate surface area is 135 Å². The van der Waals surface area contributed by atoms with Gasteiger partial charge in [0.15, 0.2) is 11.6 Å². The van der Waals surface area contributed by atoms with Crippen LogP contribution in [0.1, 0.15) is 27.2 Å². The second-order valence-corrected chi connectivity index (χ2v) is 4.14. The monoisotopic (exact) mass is 315 g/mol. The van der Waals surface area contributed by atoms with Crippen molar-refractivity contribution in [3.05, 3.63) is 36.4 Å². The summed E-state index contributed by atoms with van der Waals surface area (Å²) >= 11 is 0. The number of benzene rings is 1. The number of aromatic nitrogens is 1. The number of azo groups is 1. The summed E-state index contributed by atoms with van der Waals surface area (Å²) in [7, 11) is 0. The number of carbonyl (C=O) groups excluding carboxylic acids is 1. The number of para-hydroxylation sites is 1. The molecule has 1 aromatic carbocycles. The van der Waals surface area contributed by atoms with Crippen LogP contribution in [0.4, 0.5) is 23.0 Å². The predicted molar refractivity (Wildman–Crippen MR) is 91.0 cm³/mol. The Bertz CT molecular complexity index is 686. The Morgan fingerprint density at radius 3 is 2.39 bits per heavy atom. The van der Waals surface area contributed by atoms with Gasteiger partial charge in [-0.2, -0.15) is 0 Å². The van der Waals surface area contributed by atoms with Gasteiger partial charge < -0.3 is 16.2 Å². The number of hydrogen-bond donors (Lipinski definition) is 2. The SMILES string of the molecule is CC.CCC(=O)Oc1ccccc1N=Nc1ccc(N)nc1N. The topological polar surface area (TPSA) is 116 Å². The number of pyridine rings is 1. The molecule has 4 N–H and O–H groups in total. The smallest absolute Gasteiger partial charge is 0.310 e. The van der Waals surface area contributed by atoms with E-state index in [1.807, 2.05) is 13.8 Å². The standard InChI is InChI=1S/C14H15N5O2.C2H6/c1-2-13(20)21-11-6-4-3-5-9(11)18-19-10-7-8-12(15)17-14(10)16;1-2/h3-8H,2H2,1H3,(H4,15,16,17);1-2H3.